The number of hydrogen-bond donors (Lipinski definition) is 5. The monoisotopic (exact) mass is 579 g/mol. The molecule has 11 nitrogen and oxygen atoms in total. The summed E-state index contributed by atoms with van der Waals surface area (Å²) in [6, 6.07) is 7.48. The summed E-state index contributed by atoms with van der Waals surface area (Å²) in [5.74, 6) is -2.46. The van der Waals surface area contributed by atoms with Crippen molar-refractivity contribution in [1.82, 2.24) is 30.3 Å². The highest BCUT2D eigenvalue weighted by molar-refractivity contribution is 5.96. The van der Waals surface area contributed by atoms with Gasteiger partial charge in [0.2, 0.25) is 11.7 Å². The summed E-state index contributed by atoms with van der Waals surface area (Å²) in [4.78, 5) is 33.7. The van der Waals surface area contributed by atoms with Gasteiger partial charge in [-0.1, -0.05) is 0 Å². The van der Waals surface area contributed by atoms with Gasteiger partial charge in [0.15, 0.2) is 23.0 Å². The number of halogens is 2. The number of carbonyl (C=O) groups is 2. The summed E-state index contributed by atoms with van der Waals surface area (Å²) in [7, 11) is 1.27. The first-order valence-electron chi connectivity index (χ1n) is 13.3. The fourth-order valence-electron chi connectivity index (χ4n) is 4.92. The van der Waals surface area contributed by atoms with Crippen molar-refractivity contribution in [2.45, 2.75) is 31.9 Å². The van der Waals surface area contributed by atoms with Gasteiger partial charge in [-0.25, -0.2) is 14.4 Å². The fourth-order valence-corrected chi connectivity index (χ4v) is 4.92. The molecule has 0 aliphatic carbocycles. The van der Waals surface area contributed by atoms with E-state index in [0.29, 0.717) is 46.9 Å². The van der Waals surface area contributed by atoms with Crippen LogP contribution in [-0.4, -0.2) is 69.7 Å². The predicted octanol–water partition coefficient (Wildman–Crippen LogP) is 2.69. The molecule has 2 aromatic heterocycles. The van der Waals surface area contributed by atoms with Crippen molar-refractivity contribution in [2.24, 2.45) is 0 Å². The third kappa shape index (κ3) is 5.87. The normalized spacial score (nSPS) is 18.2. The van der Waals surface area contributed by atoms with E-state index >= 15 is 0 Å². The standard InChI is InChI=1S/C29H31F2N7O4/c1-16-12-17(4-5-18(16)27(39)33-8-9-34-28(40)20-13-29(2,41)15-36-20)37-25-26-35-14-21(38(26)11-10-32-25)19-6-7-22(42-3)24(31)23(19)30/h4-7,10-12,14,20,36,41H,8-9,13,15H2,1-3H3,(H,32,37)(H,33,39)(H,34,40)/t20-,29-/m0/s1. The Balaban J connectivity index is 1.23. The van der Waals surface area contributed by atoms with Gasteiger partial charge in [0.1, 0.15) is 0 Å². The van der Waals surface area contributed by atoms with Crippen LogP contribution in [0.5, 0.6) is 5.75 Å². The van der Waals surface area contributed by atoms with Crippen LogP contribution < -0.4 is 26.0 Å². The third-order valence-electron chi connectivity index (χ3n) is 7.10. The Labute approximate surface area is 240 Å². The maximum atomic E-state index is 14.8. The molecule has 42 heavy (non-hydrogen) atoms. The van der Waals surface area contributed by atoms with E-state index in [1.165, 1.54) is 31.6 Å². The molecule has 2 amide bonds. The second-order valence-corrected chi connectivity index (χ2v) is 10.4. The molecule has 0 bridgehead atoms. The van der Waals surface area contributed by atoms with E-state index in [9.17, 15) is 23.5 Å². The first kappa shape index (κ1) is 28.9. The lowest BCUT2D eigenvalue weighted by Crippen LogP contribution is -2.43. The molecule has 1 fully saturated rings. The number of rotatable bonds is 9. The molecule has 5 rings (SSSR count). The minimum absolute atomic E-state index is 0.0204. The second kappa shape index (κ2) is 11.7. The average Bonchev–Trinajstić information content (AvgIpc) is 3.56. The molecule has 13 heteroatoms. The third-order valence-corrected chi connectivity index (χ3v) is 7.10. The number of fused-ring (bicyclic) bond motifs is 1. The molecule has 5 N–H and O–H groups in total. The number of imidazole rings is 1. The number of hydrogen-bond acceptors (Lipinski definition) is 8. The number of β-amino-alcohol motifs (C(OH)–C–C–N with tert-alkyl or cyclic N) is 1. The Hall–Kier alpha value is -4.62. The van der Waals surface area contributed by atoms with Gasteiger partial charge in [-0.05, 0) is 49.7 Å². The van der Waals surface area contributed by atoms with Crippen LogP contribution in [0.15, 0.2) is 48.9 Å². The molecular weight excluding hydrogens is 548 g/mol. The number of aromatic nitrogens is 3. The largest absolute Gasteiger partial charge is 0.494 e. The van der Waals surface area contributed by atoms with E-state index in [4.69, 9.17) is 4.74 Å². The lowest BCUT2D eigenvalue weighted by Gasteiger charge is -2.15. The van der Waals surface area contributed by atoms with Gasteiger partial charge in [0.25, 0.3) is 5.91 Å². The molecule has 2 atom stereocenters. The number of carbonyl (C=O) groups excluding carboxylic acids is 2. The highest BCUT2D eigenvalue weighted by Gasteiger charge is 2.36. The average molecular weight is 580 g/mol. The molecule has 1 aliphatic rings. The zero-order valence-electron chi connectivity index (χ0n) is 23.3. The maximum absolute atomic E-state index is 14.8. The van der Waals surface area contributed by atoms with Crippen LogP contribution in [0.25, 0.3) is 16.9 Å². The Kier molecular flexibility index (Phi) is 8.05. The Morgan fingerprint density at radius 1 is 1.17 bits per heavy atom. The first-order chi connectivity index (χ1) is 20.1. The molecule has 0 unspecified atom stereocenters. The van der Waals surface area contributed by atoms with Gasteiger partial charge < -0.3 is 31.1 Å². The van der Waals surface area contributed by atoms with E-state index in [1.54, 1.807) is 42.6 Å². The summed E-state index contributed by atoms with van der Waals surface area (Å²) in [6.45, 7) is 4.31. The number of anilines is 2. The maximum Gasteiger partial charge on any atom is 0.251 e. The molecule has 4 aromatic rings. The molecule has 1 saturated heterocycles. The van der Waals surface area contributed by atoms with Crippen molar-refractivity contribution in [3.8, 4) is 17.0 Å². The van der Waals surface area contributed by atoms with Gasteiger partial charge in [-0.3, -0.25) is 14.0 Å². The van der Waals surface area contributed by atoms with E-state index in [0.717, 1.165) is 0 Å². The number of nitrogens with zero attached hydrogens (tertiary/aromatic N) is 3. The first-order valence-corrected chi connectivity index (χ1v) is 13.3. The number of ether oxygens (including phenoxy) is 1. The number of aryl methyl sites for hydroxylation is 1. The molecule has 3 heterocycles. The number of amides is 2. The molecule has 0 spiro atoms. The summed E-state index contributed by atoms with van der Waals surface area (Å²) >= 11 is 0. The van der Waals surface area contributed by atoms with Crippen LogP contribution in [0.4, 0.5) is 20.3 Å². The summed E-state index contributed by atoms with van der Waals surface area (Å²) in [5, 5.41) is 21.7. The van der Waals surface area contributed by atoms with Gasteiger partial charge in [-0.15, -0.1) is 0 Å². The van der Waals surface area contributed by atoms with Crippen LogP contribution in [0.2, 0.25) is 0 Å². The highest BCUT2D eigenvalue weighted by atomic mass is 19.2. The van der Waals surface area contributed by atoms with Crippen LogP contribution in [0.1, 0.15) is 29.3 Å². The molecule has 0 saturated carbocycles. The molecule has 1 aliphatic heterocycles. The number of benzene rings is 2. The lowest BCUT2D eigenvalue weighted by atomic mass is 10.0. The molecule has 2 aromatic carbocycles. The molecule has 220 valence electrons. The van der Waals surface area contributed by atoms with E-state index < -0.39 is 23.3 Å². The molecule has 0 radical (unpaired) electrons. The van der Waals surface area contributed by atoms with Crippen molar-refractivity contribution in [3.05, 3.63) is 71.7 Å². The summed E-state index contributed by atoms with van der Waals surface area (Å²) < 4.78 is 35.6. The fraction of sp³-hybridized carbons (Fsp3) is 0.310. The minimum Gasteiger partial charge on any atom is -0.494 e. The van der Waals surface area contributed by atoms with Gasteiger partial charge in [0.05, 0.1) is 30.6 Å². The summed E-state index contributed by atoms with van der Waals surface area (Å²) in [5.41, 5.74) is 1.64. The number of methoxy groups -OCH3 is 1. The lowest BCUT2D eigenvalue weighted by molar-refractivity contribution is -0.123. The van der Waals surface area contributed by atoms with Crippen molar-refractivity contribution in [3.63, 3.8) is 0 Å². The molecular formula is C29H31F2N7O4. The van der Waals surface area contributed by atoms with E-state index in [2.05, 4.69) is 31.2 Å². The topological polar surface area (TPSA) is 142 Å². The summed E-state index contributed by atoms with van der Waals surface area (Å²) in [6.07, 6.45) is 4.87. The smallest absolute Gasteiger partial charge is 0.251 e. The minimum atomic E-state index is -1.08. The van der Waals surface area contributed by atoms with Crippen LogP contribution in [0, 0.1) is 18.6 Å². The predicted molar refractivity (Wildman–Crippen MR) is 152 cm³/mol. The van der Waals surface area contributed by atoms with Crippen LogP contribution >= 0.6 is 0 Å². The Morgan fingerprint density at radius 3 is 2.67 bits per heavy atom. The van der Waals surface area contributed by atoms with Crippen molar-refractivity contribution in [1.29, 1.82) is 0 Å². The Bertz CT molecular complexity index is 1660. The van der Waals surface area contributed by atoms with Crippen molar-refractivity contribution >= 4 is 29.0 Å². The number of aliphatic hydroxyl groups is 1. The van der Waals surface area contributed by atoms with Crippen molar-refractivity contribution < 1.29 is 28.2 Å². The quantitative estimate of drug-likeness (QED) is 0.191. The zero-order chi connectivity index (χ0) is 30.0. The van der Waals surface area contributed by atoms with Crippen LogP contribution in [0.3, 0.4) is 0 Å². The van der Waals surface area contributed by atoms with Crippen LogP contribution in [-0.2, 0) is 4.79 Å². The van der Waals surface area contributed by atoms with E-state index in [1.807, 2.05) is 0 Å². The Morgan fingerprint density at radius 2 is 1.95 bits per heavy atom. The zero-order valence-corrected chi connectivity index (χ0v) is 23.3. The SMILES string of the molecule is COc1ccc(-c2cnc3c(Nc4ccc(C(=O)NCCNC(=O)[C@@H]5C[C@](C)(O)CN5)c(C)c4)nccn23)c(F)c1F. The van der Waals surface area contributed by atoms with E-state index in [-0.39, 0.29) is 36.2 Å². The number of nitrogens with one attached hydrogen (secondary N) is 4. The van der Waals surface area contributed by atoms with Crippen molar-refractivity contribution in [2.75, 3.05) is 32.1 Å². The van der Waals surface area contributed by atoms with Gasteiger partial charge in [-0.2, -0.15) is 4.39 Å². The van der Waals surface area contributed by atoms with Gasteiger partial charge >= 0.3 is 0 Å². The second-order valence-electron chi connectivity index (χ2n) is 10.4. The highest BCUT2D eigenvalue weighted by Crippen LogP contribution is 2.31. The van der Waals surface area contributed by atoms with Gasteiger partial charge in [0, 0.05) is 55.3 Å².